The molecule has 3 aromatic rings. The van der Waals surface area contributed by atoms with Crippen molar-refractivity contribution in [3.05, 3.63) is 78.0 Å². The summed E-state index contributed by atoms with van der Waals surface area (Å²) in [5, 5.41) is 6.08. The molecule has 27 heavy (non-hydrogen) atoms. The Bertz CT molecular complexity index is 904. The summed E-state index contributed by atoms with van der Waals surface area (Å²) < 4.78 is 5.64. The minimum atomic E-state index is -0.173. The molecule has 0 radical (unpaired) electrons. The van der Waals surface area contributed by atoms with Gasteiger partial charge in [0.1, 0.15) is 11.6 Å². The van der Waals surface area contributed by atoms with Gasteiger partial charge in [0, 0.05) is 11.3 Å². The molecule has 0 atom stereocenters. The van der Waals surface area contributed by atoms with E-state index in [0.717, 1.165) is 22.7 Å². The smallest absolute Gasteiger partial charge is 0.256 e. The van der Waals surface area contributed by atoms with Crippen LogP contribution >= 0.6 is 0 Å². The summed E-state index contributed by atoms with van der Waals surface area (Å²) in [6, 6.07) is 18.8. The Morgan fingerprint density at radius 2 is 1.74 bits per heavy atom. The first-order valence-electron chi connectivity index (χ1n) is 8.87. The molecule has 0 bridgehead atoms. The van der Waals surface area contributed by atoms with Crippen molar-refractivity contribution in [2.24, 2.45) is 0 Å². The molecule has 0 fully saturated rings. The standard InChI is InChI=1S/C22H23N3O2/c1-15(2)27-20-10-7-18(8-11-20)24-19-9-12-21(23-14-19)25-22(26)17-6-4-5-16(3)13-17/h4-15,24H,1-3H3,(H,23,25,26). The number of ether oxygens (including phenoxy) is 1. The fourth-order valence-electron chi connectivity index (χ4n) is 2.57. The number of aromatic nitrogens is 1. The summed E-state index contributed by atoms with van der Waals surface area (Å²) in [5.41, 5.74) is 3.42. The molecule has 0 aliphatic carbocycles. The van der Waals surface area contributed by atoms with E-state index in [1.165, 1.54) is 0 Å². The summed E-state index contributed by atoms with van der Waals surface area (Å²) >= 11 is 0. The molecule has 1 heterocycles. The lowest BCUT2D eigenvalue weighted by Crippen LogP contribution is -2.13. The van der Waals surface area contributed by atoms with E-state index in [1.54, 1.807) is 18.3 Å². The van der Waals surface area contributed by atoms with Crippen LogP contribution in [0.1, 0.15) is 29.8 Å². The second kappa shape index (κ2) is 8.36. The zero-order chi connectivity index (χ0) is 19.2. The van der Waals surface area contributed by atoms with Gasteiger partial charge in [-0.25, -0.2) is 4.98 Å². The van der Waals surface area contributed by atoms with Crippen LogP contribution in [-0.4, -0.2) is 17.0 Å². The highest BCUT2D eigenvalue weighted by Gasteiger charge is 2.07. The predicted octanol–water partition coefficient (Wildman–Crippen LogP) is 5.17. The summed E-state index contributed by atoms with van der Waals surface area (Å²) in [4.78, 5) is 16.6. The van der Waals surface area contributed by atoms with Crippen LogP contribution in [0, 0.1) is 6.92 Å². The normalized spacial score (nSPS) is 10.5. The van der Waals surface area contributed by atoms with Gasteiger partial charge in [0.2, 0.25) is 0 Å². The van der Waals surface area contributed by atoms with Gasteiger partial charge >= 0.3 is 0 Å². The lowest BCUT2D eigenvalue weighted by Gasteiger charge is -2.11. The van der Waals surface area contributed by atoms with E-state index in [0.29, 0.717) is 11.4 Å². The van der Waals surface area contributed by atoms with Crippen molar-refractivity contribution in [3.8, 4) is 5.75 Å². The molecule has 5 heteroatoms. The molecule has 0 spiro atoms. The van der Waals surface area contributed by atoms with Gasteiger partial charge in [-0.15, -0.1) is 0 Å². The molecule has 5 nitrogen and oxygen atoms in total. The maximum absolute atomic E-state index is 12.3. The van der Waals surface area contributed by atoms with E-state index in [2.05, 4.69) is 15.6 Å². The number of pyridine rings is 1. The number of hydrogen-bond donors (Lipinski definition) is 2. The number of nitrogens with one attached hydrogen (secondary N) is 2. The van der Waals surface area contributed by atoms with Crippen LogP contribution in [0.25, 0.3) is 0 Å². The summed E-state index contributed by atoms with van der Waals surface area (Å²) in [7, 11) is 0. The van der Waals surface area contributed by atoms with Gasteiger partial charge in [-0.05, 0) is 69.3 Å². The summed E-state index contributed by atoms with van der Waals surface area (Å²) in [6.45, 7) is 5.95. The van der Waals surface area contributed by atoms with E-state index in [9.17, 15) is 4.79 Å². The van der Waals surface area contributed by atoms with E-state index in [-0.39, 0.29) is 12.0 Å². The average Bonchev–Trinajstić information content (AvgIpc) is 2.64. The fourth-order valence-corrected chi connectivity index (χ4v) is 2.57. The van der Waals surface area contributed by atoms with E-state index in [4.69, 9.17) is 4.74 Å². The first-order valence-corrected chi connectivity index (χ1v) is 8.87. The van der Waals surface area contributed by atoms with Crippen molar-refractivity contribution < 1.29 is 9.53 Å². The van der Waals surface area contributed by atoms with Gasteiger partial charge < -0.3 is 15.4 Å². The highest BCUT2D eigenvalue weighted by molar-refractivity contribution is 6.03. The van der Waals surface area contributed by atoms with Crippen LogP contribution < -0.4 is 15.4 Å². The van der Waals surface area contributed by atoms with Crippen LogP contribution in [0.15, 0.2) is 66.9 Å². The Hall–Kier alpha value is -3.34. The van der Waals surface area contributed by atoms with E-state index in [1.807, 2.05) is 69.3 Å². The van der Waals surface area contributed by atoms with Gasteiger partial charge in [0.05, 0.1) is 18.0 Å². The number of hydrogen-bond acceptors (Lipinski definition) is 4. The zero-order valence-corrected chi connectivity index (χ0v) is 15.7. The predicted molar refractivity (Wildman–Crippen MR) is 109 cm³/mol. The highest BCUT2D eigenvalue weighted by Crippen LogP contribution is 2.21. The number of nitrogens with zero attached hydrogens (tertiary/aromatic N) is 1. The Balaban J connectivity index is 1.61. The first kappa shape index (κ1) is 18.5. The Kier molecular flexibility index (Phi) is 5.71. The van der Waals surface area contributed by atoms with Gasteiger partial charge in [-0.1, -0.05) is 17.7 Å². The highest BCUT2D eigenvalue weighted by atomic mass is 16.5. The number of rotatable bonds is 6. The van der Waals surface area contributed by atoms with Crippen molar-refractivity contribution in [1.82, 2.24) is 4.98 Å². The van der Waals surface area contributed by atoms with Gasteiger partial charge in [-0.2, -0.15) is 0 Å². The van der Waals surface area contributed by atoms with Crippen LogP contribution in [0.3, 0.4) is 0 Å². The lowest BCUT2D eigenvalue weighted by atomic mass is 10.1. The number of aryl methyl sites for hydroxylation is 1. The van der Waals surface area contributed by atoms with E-state index < -0.39 is 0 Å². The number of amides is 1. The molecule has 2 aromatic carbocycles. The molecule has 0 aliphatic rings. The minimum absolute atomic E-state index is 0.149. The van der Waals surface area contributed by atoms with Gasteiger partial charge in [0.25, 0.3) is 5.91 Å². The lowest BCUT2D eigenvalue weighted by molar-refractivity contribution is 0.102. The number of carbonyl (C=O) groups excluding carboxylic acids is 1. The molecule has 1 aromatic heterocycles. The molecule has 1 amide bonds. The summed E-state index contributed by atoms with van der Waals surface area (Å²) in [6.07, 6.45) is 1.83. The third-order valence-electron chi connectivity index (χ3n) is 3.80. The van der Waals surface area contributed by atoms with Crippen LogP contribution in [0.5, 0.6) is 5.75 Å². The Labute approximate surface area is 159 Å². The molecule has 0 unspecified atom stereocenters. The first-order chi connectivity index (χ1) is 13.0. The van der Waals surface area contributed by atoms with Gasteiger partial charge in [0.15, 0.2) is 0 Å². The maximum Gasteiger partial charge on any atom is 0.256 e. The average molecular weight is 361 g/mol. The monoisotopic (exact) mass is 361 g/mol. The van der Waals surface area contributed by atoms with Crippen LogP contribution in [-0.2, 0) is 0 Å². The second-order valence-corrected chi connectivity index (χ2v) is 6.57. The Morgan fingerprint density at radius 1 is 1.00 bits per heavy atom. The fraction of sp³-hybridized carbons (Fsp3) is 0.182. The van der Waals surface area contributed by atoms with Gasteiger partial charge in [-0.3, -0.25) is 4.79 Å². The second-order valence-electron chi connectivity index (χ2n) is 6.57. The third-order valence-corrected chi connectivity index (χ3v) is 3.80. The third kappa shape index (κ3) is 5.31. The molecule has 2 N–H and O–H groups in total. The molecule has 0 saturated carbocycles. The molecule has 3 rings (SSSR count). The molecular weight excluding hydrogens is 338 g/mol. The molecule has 0 saturated heterocycles. The van der Waals surface area contributed by atoms with Crippen molar-refractivity contribution in [3.63, 3.8) is 0 Å². The van der Waals surface area contributed by atoms with E-state index >= 15 is 0 Å². The molecular formula is C22H23N3O2. The van der Waals surface area contributed by atoms with Crippen molar-refractivity contribution >= 4 is 23.1 Å². The largest absolute Gasteiger partial charge is 0.491 e. The number of carbonyl (C=O) groups is 1. The van der Waals surface area contributed by atoms with Crippen molar-refractivity contribution in [2.75, 3.05) is 10.6 Å². The molecule has 0 aliphatic heterocycles. The maximum atomic E-state index is 12.3. The summed E-state index contributed by atoms with van der Waals surface area (Å²) in [5.74, 6) is 1.17. The molecule has 138 valence electrons. The van der Waals surface area contributed by atoms with Crippen molar-refractivity contribution in [2.45, 2.75) is 26.9 Å². The zero-order valence-electron chi connectivity index (χ0n) is 15.7. The quantitative estimate of drug-likeness (QED) is 0.635. The van der Waals surface area contributed by atoms with Crippen LogP contribution in [0.2, 0.25) is 0 Å². The van der Waals surface area contributed by atoms with Crippen LogP contribution in [0.4, 0.5) is 17.2 Å². The SMILES string of the molecule is Cc1cccc(C(=O)Nc2ccc(Nc3ccc(OC(C)C)cc3)cn2)c1. The number of anilines is 3. The Morgan fingerprint density at radius 3 is 2.37 bits per heavy atom. The van der Waals surface area contributed by atoms with Crippen molar-refractivity contribution in [1.29, 1.82) is 0 Å². The minimum Gasteiger partial charge on any atom is -0.491 e. The topological polar surface area (TPSA) is 63.2 Å². The number of benzene rings is 2.